The van der Waals surface area contributed by atoms with Gasteiger partial charge in [-0.05, 0) is 24.6 Å². The van der Waals surface area contributed by atoms with Crippen LogP contribution in [0.4, 0.5) is 0 Å². The monoisotopic (exact) mass is 234 g/mol. The fraction of sp³-hybridized carbons (Fsp3) is 0.167. The van der Waals surface area contributed by atoms with E-state index >= 15 is 0 Å². The van der Waals surface area contributed by atoms with E-state index < -0.39 is 5.24 Å². The van der Waals surface area contributed by atoms with E-state index in [4.69, 9.17) is 11.6 Å². The van der Waals surface area contributed by atoms with Crippen molar-refractivity contribution in [1.82, 2.24) is 9.78 Å². The third-order valence-electron chi connectivity index (χ3n) is 2.26. The third kappa shape index (κ3) is 1.86. The number of aromatic nitrogens is 2. The molecule has 0 amide bonds. The Morgan fingerprint density at radius 3 is 2.81 bits per heavy atom. The molecule has 3 nitrogen and oxygen atoms in total. The zero-order valence-electron chi connectivity index (χ0n) is 8.90. The number of rotatable bonds is 3. The number of para-hydroxylation sites is 1. The Labute approximate surface area is 98.3 Å². The maximum absolute atomic E-state index is 11.2. The van der Waals surface area contributed by atoms with Gasteiger partial charge in [0.25, 0.3) is 5.24 Å². The van der Waals surface area contributed by atoms with Gasteiger partial charge in [0.1, 0.15) is 0 Å². The van der Waals surface area contributed by atoms with Gasteiger partial charge in [0.15, 0.2) is 5.69 Å². The van der Waals surface area contributed by atoms with Crippen molar-refractivity contribution >= 4 is 27.7 Å². The predicted molar refractivity (Wildman–Crippen MR) is 64.7 cm³/mol. The predicted octanol–water partition coefficient (Wildman–Crippen LogP) is 2.99. The molecular weight excluding hydrogens is 224 g/mol. The quantitative estimate of drug-likeness (QED) is 0.605. The van der Waals surface area contributed by atoms with Crippen LogP contribution in [0.25, 0.3) is 10.9 Å². The molecule has 1 heterocycles. The Morgan fingerprint density at radius 1 is 1.50 bits per heavy atom. The average molecular weight is 235 g/mol. The van der Waals surface area contributed by atoms with Crippen molar-refractivity contribution in [3.63, 3.8) is 0 Å². The smallest absolute Gasteiger partial charge is 0.273 e. The van der Waals surface area contributed by atoms with Crippen molar-refractivity contribution in [1.29, 1.82) is 0 Å². The molecule has 0 saturated carbocycles. The number of benzene rings is 1. The molecule has 0 radical (unpaired) electrons. The molecule has 0 aliphatic carbocycles. The highest BCUT2D eigenvalue weighted by Crippen LogP contribution is 2.20. The number of fused-ring (bicyclic) bond motifs is 1. The first-order valence-corrected chi connectivity index (χ1v) is 5.27. The van der Waals surface area contributed by atoms with E-state index in [1.165, 1.54) is 0 Å². The van der Waals surface area contributed by atoms with Gasteiger partial charge in [-0.2, -0.15) is 5.10 Å². The molecule has 0 bridgehead atoms. The minimum atomic E-state index is -0.531. The summed E-state index contributed by atoms with van der Waals surface area (Å²) in [5, 5.41) is 4.45. The first-order valence-electron chi connectivity index (χ1n) is 4.89. The van der Waals surface area contributed by atoms with Gasteiger partial charge in [-0.25, -0.2) is 0 Å². The summed E-state index contributed by atoms with van der Waals surface area (Å²) in [5.74, 6) is 0. The van der Waals surface area contributed by atoms with Crippen LogP contribution in [0.5, 0.6) is 0 Å². The van der Waals surface area contributed by atoms with Crippen LogP contribution in [0.3, 0.4) is 0 Å². The summed E-state index contributed by atoms with van der Waals surface area (Å²) >= 11 is 5.49. The van der Waals surface area contributed by atoms with Crippen molar-refractivity contribution in [2.24, 2.45) is 0 Å². The second-order valence-electron chi connectivity index (χ2n) is 3.75. The number of carbonyl (C=O) groups is 1. The van der Waals surface area contributed by atoms with E-state index in [1.807, 2.05) is 31.2 Å². The highest BCUT2D eigenvalue weighted by Gasteiger charge is 2.14. The lowest BCUT2D eigenvalue weighted by Gasteiger charge is -2.01. The topological polar surface area (TPSA) is 34.9 Å². The summed E-state index contributed by atoms with van der Waals surface area (Å²) in [4.78, 5) is 11.2. The van der Waals surface area contributed by atoms with Gasteiger partial charge >= 0.3 is 0 Å². The molecule has 2 aromatic rings. The Kier molecular flexibility index (Phi) is 2.79. The Hall–Kier alpha value is -1.61. The molecule has 2 rings (SSSR count). The lowest BCUT2D eigenvalue weighted by atomic mass is 10.2. The van der Waals surface area contributed by atoms with E-state index in [0.717, 1.165) is 16.5 Å². The Morgan fingerprint density at radius 2 is 2.19 bits per heavy atom. The minimum absolute atomic E-state index is 0.304. The highest BCUT2D eigenvalue weighted by molar-refractivity contribution is 6.68. The van der Waals surface area contributed by atoms with Crippen LogP contribution < -0.4 is 0 Å². The maximum atomic E-state index is 11.2. The van der Waals surface area contributed by atoms with Crippen molar-refractivity contribution in [3.05, 3.63) is 42.1 Å². The van der Waals surface area contributed by atoms with Crippen molar-refractivity contribution in [3.8, 4) is 0 Å². The molecule has 4 heteroatoms. The van der Waals surface area contributed by atoms with Crippen LogP contribution in [0.15, 0.2) is 36.4 Å². The number of hydrogen-bond acceptors (Lipinski definition) is 2. The van der Waals surface area contributed by atoms with Gasteiger partial charge in [-0.15, -0.1) is 0 Å². The summed E-state index contributed by atoms with van der Waals surface area (Å²) < 4.78 is 1.74. The molecule has 82 valence electrons. The van der Waals surface area contributed by atoms with Gasteiger partial charge in [0.05, 0.1) is 12.1 Å². The van der Waals surface area contributed by atoms with Crippen LogP contribution >= 0.6 is 11.6 Å². The van der Waals surface area contributed by atoms with E-state index in [1.54, 1.807) is 4.68 Å². The van der Waals surface area contributed by atoms with E-state index in [9.17, 15) is 4.79 Å². The number of carbonyl (C=O) groups excluding carboxylic acids is 1. The van der Waals surface area contributed by atoms with Gasteiger partial charge in [-0.3, -0.25) is 9.48 Å². The molecule has 0 unspecified atom stereocenters. The fourth-order valence-corrected chi connectivity index (χ4v) is 1.79. The minimum Gasteiger partial charge on any atom is -0.274 e. The molecule has 0 atom stereocenters. The zero-order valence-corrected chi connectivity index (χ0v) is 9.66. The van der Waals surface area contributed by atoms with E-state index in [2.05, 4.69) is 11.7 Å². The van der Waals surface area contributed by atoms with Crippen LogP contribution in [-0.2, 0) is 6.54 Å². The van der Waals surface area contributed by atoms with Crippen molar-refractivity contribution in [2.45, 2.75) is 13.5 Å². The van der Waals surface area contributed by atoms with Crippen LogP contribution in [0, 0.1) is 0 Å². The fourth-order valence-electron chi connectivity index (χ4n) is 1.65. The first-order chi connectivity index (χ1) is 7.59. The molecule has 0 aliphatic rings. The molecule has 0 aliphatic heterocycles. The zero-order chi connectivity index (χ0) is 11.7. The normalized spacial score (nSPS) is 10.6. The Bertz CT molecular complexity index is 571. The number of allylic oxidation sites excluding steroid dienone is 1. The van der Waals surface area contributed by atoms with Gasteiger partial charge in [-0.1, -0.05) is 30.4 Å². The molecular formula is C12H11ClN2O. The lowest BCUT2D eigenvalue weighted by molar-refractivity contribution is 0.107. The summed E-state index contributed by atoms with van der Waals surface area (Å²) in [5.41, 5.74) is 2.18. The maximum Gasteiger partial charge on any atom is 0.273 e. The Balaban J connectivity index is 2.66. The second kappa shape index (κ2) is 4.10. The van der Waals surface area contributed by atoms with Crippen LogP contribution in [0.1, 0.15) is 17.4 Å². The molecule has 16 heavy (non-hydrogen) atoms. The first kappa shape index (κ1) is 10.9. The van der Waals surface area contributed by atoms with E-state index in [-0.39, 0.29) is 0 Å². The lowest BCUT2D eigenvalue weighted by Crippen LogP contribution is -2.01. The van der Waals surface area contributed by atoms with Crippen LogP contribution in [-0.4, -0.2) is 15.0 Å². The highest BCUT2D eigenvalue weighted by atomic mass is 35.5. The molecule has 0 spiro atoms. The number of hydrogen-bond donors (Lipinski definition) is 0. The van der Waals surface area contributed by atoms with Crippen molar-refractivity contribution < 1.29 is 4.79 Å². The van der Waals surface area contributed by atoms with Crippen LogP contribution in [0.2, 0.25) is 0 Å². The SMILES string of the molecule is C=C(C)Cn1nc(C(=O)Cl)c2ccccc21. The summed E-state index contributed by atoms with van der Waals surface area (Å²) in [6.45, 7) is 6.34. The largest absolute Gasteiger partial charge is 0.274 e. The number of halogens is 1. The van der Waals surface area contributed by atoms with Crippen molar-refractivity contribution in [2.75, 3.05) is 0 Å². The number of nitrogens with zero attached hydrogens (tertiary/aromatic N) is 2. The molecule has 0 saturated heterocycles. The van der Waals surface area contributed by atoms with Gasteiger partial charge in [0.2, 0.25) is 0 Å². The third-order valence-corrected chi connectivity index (χ3v) is 2.44. The molecule has 1 aromatic heterocycles. The average Bonchev–Trinajstić information content (AvgIpc) is 2.57. The van der Waals surface area contributed by atoms with E-state index in [0.29, 0.717) is 12.2 Å². The summed E-state index contributed by atoms with van der Waals surface area (Å²) in [7, 11) is 0. The van der Waals surface area contributed by atoms with Gasteiger partial charge in [0, 0.05) is 5.39 Å². The summed E-state index contributed by atoms with van der Waals surface area (Å²) in [6, 6.07) is 7.52. The molecule has 0 N–H and O–H groups in total. The van der Waals surface area contributed by atoms with Gasteiger partial charge < -0.3 is 0 Å². The standard InChI is InChI=1S/C12H11ClN2O/c1-8(2)7-15-10-6-4-3-5-9(10)11(14-15)12(13)16/h3-6H,1,7H2,2H3. The molecule has 1 aromatic carbocycles. The molecule has 0 fully saturated rings. The second-order valence-corrected chi connectivity index (χ2v) is 4.10. The summed E-state index contributed by atoms with van der Waals surface area (Å²) in [6.07, 6.45) is 0.